The molecule has 2 bridgehead atoms. The Labute approximate surface area is 297 Å². The van der Waals surface area contributed by atoms with Crippen molar-refractivity contribution < 1.29 is 24.5 Å². The molecule has 1 saturated heterocycles. The van der Waals surface area contributed by atoms with E-state index in [9.17, 15) is 15.0 Å². The Morgan fingerprint density at radius 3 is 2.80 bits per heavy atom. The van der Waals surface area contributed by atoms with Crippen molar-refractivity contribution in [2.45, 2.75) is 81.1 Å². The summed E-state index contributed by atoms with van der Waals surface area (Å²) in [5.74, 6) is 1.66. The number of alkyl carbamates (subject to hydrolysis) is 1. The van der Waals surface area contributed by atoms with Crippen molar-refractivity contribution in [3.05, 3.63) is 88.6 Å². The number of hydrogen-bond acceptors (Lipinski definition) is 8. The maximum absolute atomic E-state index is 13.2. The smallest absolute Gasteiger partial charge is 0.414 e. The number of guanidine groups is 1. The van der Waals surface area contributed by atoms with Crippen LogP contribution >= 0.6 is 0 Å². The van der Waals surface area contributed by atoms with Crippen LogP contribution in [0.1, 0.15) is 72.6 Å². The standard InChI is InChI=1S/C40H46N6O5/c41-16-5-2-6-17-42-37(45-38(48)50-23-25-7-3-1-4-8-25)43-27-12-13-30-28(20-27)29-21-40(49)32-19-26-11-14-31(47)35-33(26)39(40,36(51-35)34(29)44-30)15-18-46(32)22-24-9-10-24/h1,3-4,7-8,11-14,20,24,32,36,44,47,49H,2,5-6,9-10,15-19,21-23,41H2,(H2,42,43,45,48)/t32-,36-,39-,40+/m0/s1. The molecule has 9 rings (SSSR count). The lowest BCUT2D eigenvalue weighted by atomic mass is 9.49. The highest BCUT2D eigenvalue weighted by atomic mass is 16.5. The second kappa shape index (κ2) is 12.6. The first-order valence-corrected chi connectivity index (χ1v) is 18.5. The number of hydrogen-bond donors (Lipinski definition) is 6. The third-order valence-electron chi connectivity index (χ3n) is 12.0. The average molecular weight is 691 g/mol. The minimum atomic E-state index is -1.08. The monoisotopic (exact) mass is 690 g/mol. The Bertz CT molecular complexity index is 2010. The van der Waals surface area contributed by atoms with Crippen LogP contribution in [-0.2, 0) is 29.6 Å². The van der Waals surface area contributed by atoms with Crippen molar-refractivity contribution >= 4 is 28.6 Å². The molecule has 0 radical (unpaired) electrons. The highest BCUT2D eigenvalue weighted by Crippen LogP contribution is 2.69. The number of carbonyl (C=O) groups is 1. The number of benzene rings is 3. The zero-order valence-corrected chi connectivity index (χ0v) is 28.8. The molecule has 4 atom stereocenters. The molecule has 266 valence electrons. The number of nitrogens with one attached hydrogen (secondary N) is 3. The van der Waals surface area contributed by atoms with E-state index in [1.54, 1.807) is 6.07 Å². The molecule has 7 N–H and O–H groups in total. The number of aromatic hydroxyl groups is 1. The van der Waals surface area contributed by atoms with Gasteiger partial charge in [-0.15, -0.1) is 0 Å². The van der Waals surface area contributed by atoms with Crippen LogP contribution in [0, 0.1) is 5.92 Å². The number of ether oxygens (including phenoxy) is 2. The largest absolute Gasteiger partial charge is 0.504 e. The number of rotatable bonds is 10. The number of H-pyrrole nitrogens is 1. The van der Waals surface area contributed by atoms with Crippen LogP contribution in [0.3, 0.4) is 0 Å². The Kier molecular flexibility index (Phi) is 7.97. The summed E-state index contributed by atoms with van der Waals surface area (Å²) in [6.45, 7) is 3.21. The fraction of sp³-hybridized carbons (Fsp3) is 0.450. The summed E-state index contributed by atoms with van der Waals surface area (Å²) in [5, 5.41) is 31.4. The van der Waals surface area contributed by atoms with Crippen LogP contribution in [0.5, 0.6) is 11.5 Å². The maximum Gasteiger partial charge on any atom is 0.414 e. The van der Waals surface area contributed by atoms with Gasteiger partial charge in [0.2, 0.25) is 5.96 Å². The first kappa shape index (κ1) is 32.3. The van der Waals surface area contributed by atoms with Gasteiger partial charge in [0.25, 0.3) is 0 Å². The van der Waals surface area contributed by atoms with Gasteiger partial charge >= 0.3 is 6.09 Å². The number of aliphatic hydroxyl groups is 1. The number of piperidine rings is 1. The lowest BCUT2D eigenvalue weighted by Gasteiger charge is -2.62. The van der Waals surface area contributed by atoms with E-state index >= 15 is 0 Å². The van der Waals surface area contributed by atoms with Crippen LogP contribution in [0.2, 0.25) is 0 Å². The molecule has 1 amide bonds. The number of amides is 1. The molecule has 3 aromatic carbocycles. The topological polar surface area (TPSA) is 157 Å². The van der Waals surface area contributed by atoms with Crippen LogP contribution in [0.15, 0.2) is 65.7 Å². The number of fused-ring (bicyclic) bond motifs is 4. The van der Waals surface area contributed by atoms with Gasteiger partial charge in [0.15, 0.2) is 17.6 Å². The number of likely N-dealkylation sites (tertiary alicyclic amines) is 1. The second-order valence-corrected chi connectivity index (χ2v) is 15.1. The Morgan fingerprint density at radius 1 is 1.12 bits per heavy atom. The lowest BCUT2D eigenvalue weighted by Crippen LogP contribution is -2.74. The quantitative estimate of drug-likeness (QED) is 0.0734. The van der Waals surface area contributed by atoms with Gasteiger partial charge < -0.3 is 35.7 Å². The fourth-order valence-electron chi connectivity index (χ4n) is 9.43. The Morgan fingerprint density at radius 2 is 1.98 bits per heavy atom. The van der Waals surface area contributed by atoms with E-state index in [-0.39, 0.29) is 18.4 Å². The number of nitrogens with two attached hydrogens (primary N) is 1. The number of unbranched alkanes of at least 4 members (excludes halogenated alkanes) is 2. The third kappa shape index (κ3) is 5.36. The number of aromatic amines is 1. The number of aliphatic imine (C=N–C) groups is 1. The van der Waals surface area contributed by atoms with Crippen molar-refractivity contribution in [1.82, 2.24) is 15.2 Å². The number of carbonyl (C=O) groups excluding carboxylic acids is 1. The van der Waals surface area contributed by atoms with Crippen molar-refractivity contribution in [1.29, 1.82) is 0 Å². The van der Waals surface area contributed by atoms with E-state index in [2.05, 4.69) is 31.6 Å². The number of nitrogens with zero attached hydrogens (tertiary/aromatic N) is 2. The Hall–Kier alpha value is -4.58. The van der Waals surface area contributed by atoms with Crippen LogP contribution in [0.4, 0.5) is 10.5 Å². The van der Waals surface area contributed by atoms with Gasteiger partial charge in [-0.25, -0.2) is 4.79 Å². The molecule has 2 fully saturated rings. The van der Waals surface area contributed by atoms with E-state index in [4.69, 9.17) is 15.2 Å². The summed E-state index contributed by atoms with van der Waals surface area (Å²) < 4.78 is 12.3. The molecule has 1 aromatic heterocycles. The van der Waals surface area contributed by atoms with Crippen molar-refractivity contribution in [3.8, 4) is 11.5 Å². The molecule has 2 aliphatic heterocycles. The van der Waals surface area contributed by atoms with Crippen LogP contribution < -0.4 is 21.1 Å². The van der Waals surface area contributed by atoms with Gasteiger partial charge in [0.05, 0.1) is 16.7 Å². The van der Waals surface area contributed by atoms with E-state index in [0.717, 1.165) is 84.2 Å². The molecule has 51 heavy (non-hydrogen) atoms. The van der Waals surface area contributed by atoms with Gasteiger partial charge in [0, 0.05) is 47.7 Å². The average Bonchev–Trinajstić information content (AvgIpc) is 3.78. The molecular formula is C40H46N6O5. The van der Waals surface area contributed by atoms with E-state index in [1.165, 1.54) is 18.4 Å². The van der Waals surface area contributed by atoms with Crippen LogP contribution in [0.25, 0.3) is 10.9 Å². The van der Waals surface area contributed by atoms with Crippen molar-refractivity contribution in [3.63, 3.8) is 0 Å². The molecule has 5 aliphatic rings. The number of anilines is 1. The van der Waals surface area contributed by atoms with E-state index in [0.29, 0.717) is 37.1 Å². The van der Waals surface area contributed by atoms with Gasteiger partial charge in [-0.05, 0) is 98.5 Å². The van der Waals surface area contributed by atoms with Crippen molar-refractivity contribution in [2.24, 2.45) is 16.6 Å². The van der Waals surface area contributed by atoms with Crippen LogP contribution in [-0.4, -0.2) is 70.0 Å². The maximum atomic E-state index is 13.2. The zero-order valence-electron chi connectivity index (χ0n) is 28.8. The highest BCUT2D eigenvalue weighted by molar-refractivity contribution is 6.03. The highest BCUT2D eigenvalue weighted by Gasteiger charge is 2.72. The molecule has 3 aliphatic carbocycles. The molecular weight excluding hydrogens is 644 g/mol. The minimum Gasteiger partial charge on any atom is -0.504 e. The molecule has 11 nitrogen and oxygen atoms in total. The third-order valence-corrected chi connectivity index (χ3v) is 12.0. The summed E-state index contributed by atoms with van der Waals surface area (Å²) in [4.78, 5) is 23.8. The number of phenolic OH excluding ortho intramolecular Hbond substituents is 1. The van der Waals surface area contributed by atoms with Gasteiger partial charge in [-0.2, -0.15) is 0 Å². The van der Waals surface area contributed by atoms with Crippen molar-refractivity contribution in [2.75, 3.05) is 31.5 Å². The van der Waals surface area contributed by atoms with Gasteiger partial charge in [-0.1, -0.05) is 42.8 Å². The van der Waals surface area contributed by atoms with E-state index < -0.39 is 23.2 Å². The zero-order chi connectivity index (χ0) is 34.7. The second-order valence-electron chi connectivity index (χ2n) is 15.1. The minimum absolute atomic E-state index is 0.0514. The summed E-state index contributed by atoms with van der Waals surface area (Å²) >= 11 is 0. The molecule has 0 unspecified atom stereocenters. The molecule has 1 saturated carbocycles. The first-order chi connectivity index (χ1) is 24.9. The van der Waals surface area contributed by atoms with Gasteiger partial charge in [-0.3, -0.25) is 15.2 Å². The predicted octanol–water partition coefficient (Wildman–Crippen LogP) is 5.40. The Balaban J connectivity index is 1.04. The van der Waals surface area contributed by atoms with Gasteiger partial charge in [0.1, 0.15) is 6.61 Å². The first-order valence-electron chi connectivity index (χ1n) is 18.5. The molecule has 1 spiro atoms. The SMILES string of the molecule is NCCCCCN=C(NC(=O)OCc1ccccc1)Nc1ccc2[nH]c3c(c2c1)C[C@@]1(O)[C@@H]2Cc4ccc(O)c5c4[C@@]1(CCN2CC1CC1)[C@H]3O5. The lowest BCUT2D eigenvalue weighted by molar-refractivity contribution is -0.173. The summed E-state index contributed by atoms with van der Waals surface area (Å²) in [7, 11) is 0. The molecule has 3 heterocycles. The number of aromatic nitrogens is 1. The summed E-state index contributed by atoms with van der Waals surface area (Å²) in [6.07, 6.45) is 6.14. The van der Waals surface area contributed by atoms with E-state index in [1.807, 2.05) is 48.5 Å². The summed E-state index contributed by atoms with van der Waals surface area (Å²) in [5.41, 5.74) is 10.7. The predicted molar refractivity (Wildman–Crippen MR) is 195 cm³/mol. The summed E-state index contributed by atoms with van der Waals surface area (Å²) in [6, 6.07) is 19.3. The fourth-order valence-corrected chi connectivity index (χ4v) is 9.43. The number of phenols is 1. The normalized spacial score (nSPS) is 26.0. The molecule has 11 heteroatoms. The molecule has 4 aromatic rings.